The van der Waals surface area contributed by atoms with Gasteiger partial charge in [-0.2, -0.15) is 13.2 Å². The number of hydrogen-bond donors (Lipinski definition) is 1. The molecule has 3 nitrogen and oxygen atoms in total. The molecule has 2 aliphatic rings. The predicted molar refractivity (Wildman–Crippen MR) is 79.8 cm³/mol. The summed E-state index contributed by atoms with van der Waals surface area (Å²) in [4.78, 5) is 14.4. The Morgan fingerprint density at radius 2 is 1.82 bits per heavy atom. The molecule has 2 aliphatic heterocycles. The number of hydrogen-bond acceptors (Lipinski definition) is 3. The van der Waals surface area contributed by atoms with E-state index in [2.05, 4.69) is 5.32 Å². The van der Waals surface area contributed by atoms with Crippen molar-refractivity contribution in [3.8, 4) is 0 Å². The van der Waals surface area contributed by atoms with Crippen LogP contribution in [-0.4, -0.2) is 41.1 Å². The van der Waals surface area contributed by atoms with E-state index in [0.29, 0.717) is 12.1 Å². The molecule has 3 rings (SSSR count). The van der Waals surface area contributed by atoms with Gasteiger partial charge in [-0.25, -0.2) is 0 Å². The van der Waals surface area contributed by atoms with Crippen molar-refractivity contribution in [1.29, 1.82) is 0 Å². The summed E-state index contributed by atoms with van der Waals surface area (Å²) in [6.45, 7) is 2.39. The molecule has 120 valence electrons. The molecule has 1 N–H and O–H groups in total. The van der Waals surface area contributed by atoms with Crippen LogP contribution in [0.3, 0.4) is 0 Å². The summed E-state index contributed by atoms with van der Waals surface area (Å²) in [5, 5.41) is 3.28. The van der Waals surface area contributed by atoms with Gasteiger partial charge in [-0.3, -0.25) is 4.79 Å². The second-order valence-electron chi connectivity index (χ2n) is 5.58. The maximum Gasteiger partial charge on any atom is 0.416 e. The van der Waals surface area contributed by atoms with Crippen LogP contribution in [0.2, 0.25) is 0 Å². The number of carbonyl (C=O) groups is 1. The first-order chi connectivity index (χ1) is 10.4. The molecule has 7 heteroatoms. The zero-order chi connectivity index (χ0) is 15.8. The monoisotopic (exact) mass is 330 g/mol. The normalized spacial score (nSPS) is 21.3. The molecule has 2 fully saturated rings. The summed E-state index contributed by atoms with van der Waals surface area (Å²) >= 11 is 1.79. The van der Waals surface area contributed by atoms with Gasteiger partial charge in [0.15, 0.2) is 0 Å². The first kappa shape index (κ1) is 15.7. The van der Waals surface area contributed by atoms with Crippen molar-refractivity contribution < 1.29 is 18.0 Å². The van der Waals surface area contributed by atoms with Gasteiger partial charge in [0, 0.05) is 17.9 Å². The number of rotatable bonds is 1. The predicted octanol–water partition coefficient (Wildman–Crippen LogP) is 2.97. The summed E-state index contributed by atoms with van der Waals surface area (Å²) in [6.07, 6.45) is -2.62. The Morgan fingerprint density at radius 3 is 2.41 bits per heavy atom. The van der Waals surface area contributed by atoms with E-state index >= 15 is 0 Å². The van der Waals surface area contributed by atoms with Gasteiger partial charge < -0.3 is 10.2 Å². The SMILES string of the molecule is O=C(c1ccc(C(F)(F)F)cc1)N1CCSC12CCNCC2. The van der Waals surface area contributed by atoms with Crippen LogP contribution in [-0.2, 0) is 6.18 Å². The molecule has 1 aromatic carbocycles. The van der Waals surface area contributed by atoms with Gasteiger partial charge in [-0.1, -0.05) is 0 Å². The number of carbonyl (C=O) groups excluding carboxylic acids is 1. The fourth-order valence-electron chi connectivity index (χ4n) is 3.08. The van der Waals surface area contributed by atoms with Crippen molar-refractivity contribution in [2.24, 2.45) is 0 Å². The van der Waals surface area contributed by atoms with E-state index in [4.69, 9.17) is 0 Å². The number of nitrogens with zero attached hydrogens (tertiary/aromatic N) is 1. The second kappa shape index (κ2) is 5.77. The highest BCUT2D eigenvalue weighted by Crippen LogP contribution is 2.43. The molecule has 22 heavy (non-hydrogen) atoms. The molecule has 1 aromatic rings. The molecule has 2 heterocycles. The van der Waals surface area contributed by atoms with Gasteiger partial charge in [0.1, 0.15) is 0 Å². The maximum absolute atomic E-state index is 12.7. The number of piperidine rings is 1. The van der Waals surface area contributed by atoms with Gasteiger partial charge in [0.25, 0.3) is 5.91 Å². The van der Waals surface area contributed by atoms with E-state index in [1.165, 1.54) is 12.1 Å². The molecule has 0 aromatic heterocycles. The first-order valence-electron chi connectivity index (χ1n) is 7.26. The van der Waals surface area contributed by atoms with Crippen molar-refractivity contribution in [1.82, 2.24) is 10.2 Å². The number of halogens is 3. The summed E-state index contributed by atoms with van der Waals surface area (Å²) in [6, 6.07) is 4.52. The average molecular weight is 330 g/mol. The minimum Gasteiger partial charge on any atom is -0.323 e. The number of benzene rings is 1. The minimum atomic E-state index is -4.37. The van der Waals surface area contributed by atoms with Crippen molar-refractivity contribution in [3.05, 3.63) is 35.4 Å². The Bertz CT molecular complexity index is 553. The molecule has 0 unspecified atom stereocenters. The smallest absolute Gasteiger partial charge is 0.323 e. The lowest BCUT2D eigenvalue weighted by Gasteiger charge is -2.40. The van der Waals surface area contributed by atoms with Crippen LogP contribution in [0.25, 0.3) is 0 Å². The van der Waals surface area contributed by atoms with Crippen LogP contribution in [0, 0.1) is 0 Å². The lowest BCUT2D eigenvalue weighted by atomic mass is 10.0. The quantitative estimate of drug-likeness (QED) is 0.859. The zero-order valence-electron chi connectivity index (χ0n) is 11.9. The highest BCUT2D eigenvalue weighted by molar-refractivity contribution is 8.00. The lowest BCUT2D eigenvalue weighted by molar-refractivity contribution is -0.137. The Hall–Kier alpha value is -1.21. The van der Waals surface area contributed by atoms with Gasteiger partial charge in [0.2, 0.25) is 0 Å². The fraction of sp³-hybridized carbons (Fsp3) is 0.533. The van der Waals surface area contributed by atoms with Crippen molar-refractivity contribution in [2.75, 3.05) is 25.4 Å². The Kier molecular flexibility index (Phi) is 4.11. The summed E-state index contributed by atoms with van der Waals surface area (Å²) < 4.78 is 37.8. The summed E-state index contributed by atoms with van der Waals surface area (Å²) in [5.74, 6) is 0.715. The van der Waals surface area contributed by atoms with Gasteiger partial charge in [0.05, 0.1) is 10.4 Å². The number of amides is 1. The number of thioether (sulfide) groups is 1. The van der Waals surface area contributed by atoms with E-state index in [1.54, 1.807) is 11.8 Å². The molecule has 1 amide bonds. The highest BCUT2D eigenvalue weighted by atomic mass is 32.2. The van der Waals surface area contributed by atoms with Crippen molar-refractivity contribution in [3.63, 3.8) is 0 Å². The van der Waals surface area contributed by atoms with Crippen LogP contribution in [0.4, 0.5) is 13.2 Å². The van der Waals surface area contributed by atoms with Gasteiger partial charge in [-0.15, -0.1) is 11.8 Å². The Labute approximate surface area is 131 Å². The van der Waals surface area contributed by atoms with Crippen LogP contribution < -0.4 is 5.32 Å². The molecule has 0 radical (unpaired) electrons. The summed E-state index contributed by atoms with van der Waals surface area (Å²) in [5.41, 5.74) is -0.398. The molecule has 0 saturated carbocycles. The molecular weight excluding hydrogens is 313 g/mol. The summed E-state index contributed by atoms with van der Waals surface area (Å²) in [7, 11) is 0. The second-order valence-corrected chi connectivity index (χ2v) is 7.03. The molecule has 2 saturated heterocycles. The topological polar surface area (TPSA) is 32.3 Å². The minimum absolute atomic E-state index is 0.166. The fourth-order valence-corrected chi connectivity index (χ4v) is 4.56. The van der Waals surface area contributed by atoms with Crippen LogP contribution in [0.15, 0.2) is 24.3 Å². The largest absolute Gasteiger partial charge is 0.416 e. The van der Waals surface area contributed by atoms with E-state index in [-0.39, 0.29) is 10.8 Å². The zero-order valence-corrected chi connectivity index (χ0v) is 12.8. The third-order valence-electron chi connectivity index (χ3n) is 4.27. The number of nitrogens with one attached hydrogen (secondary N) is 1. The van der Waals surface area contributed by atoms with Crippen molar-refractivity contribution in [2.45, 2.75) is 23.9 Å². The Balaban J connectivity index is 1.81. The lowest BCUT2D eigenvalue weighted by Crippen LogP contribution is -2.51. The Morgan fingerprint density at radius 1 is 1.18 bits per heavy atom. The standard InChI is InChI=1S/C15H17F3N2OS/c16-15(17,18)12-3-1-11(2-4-12)13(21)20-9-10-22-14(20)5-7-19-8-6-14/h1-4,19H,5-10H2. The maximum atomic E-state index is 12.7. The third-order valence-corrected chi connectivity index (χ3v) is 5.82. The molecular formula is C15H17F3N2OS. The third kappa shape index (κ3) is 2.84. The van der Waals surface area contributed by atoms with E-state index < -0.39 is 11.7 Å². The molecule has 0 aliphatic carbocycles. The van der Waals surface area contributed by atoms with E-state index in [9.17, 15) is 18.0 Å². The van der Waals surface area contributed by atoms with Crippen LogP contribution >= 0.6 is 11.8 Å². The van der Waals surface area contributed by atoms with Crippen LogP contribution in [0.1, 0.15) is 28.8 Å². The van der Waals surface area contributed by atoms with E-state index in [1.807, 2.05) is 4.90 Å². The molecule has 1 spiro atoms. The molecule has 0 bridgehead atoms. The van der Waals surface area contributed by atoms with Gasteiger partial charge in [-0.05, 0) is 50.2 Å². The van der Waals surface area contributed by atoms with Crippen LogP contribution in [0.5, 0.6) is 0 Å². The first-order valence-corrected chi connectivity index (χ1v) is 8.25. The van der Waals surface area contributed by atoms with E-state index in [0.717, 1.165) is 43.8 Å². The average Bonchev–Trinajstić information content (AvgIpc) is 2.89. The molecule has 0 atom stereocenters. The van der Waals surface area contributed by atoms with Crippen molar-refractivity contribution >= 4 is 17.7 Å². The number of alkyl halides is 3. The van der Waals surface area contributed by atoms with Gasteiger partial charge >= 0.3 is 6.18 Å². The highest BCUT2D eigenvalue weighted by Gasteiger charge is 2.45.